The summed E-state index contributed by atoms with van der Waals surface area (Å²) in [5.74, 6) is -2.10. The molecule has 2 unspecified atom stereocenters. The molecule has 2 atom stereocenters. The summed E-state index contributed by atoms with van der Waals surface area (Å²) in [7, 11) is 1.52. The Balaban J connectivity index is 1.82. The smallest absolute Gasteiger partial charge is 0.295 e. The van der Waals surface area contributed by atoms with Crippen LogP contribution in [0.2, 0.25) is 0 Å². The highest BCUT2D eigenvalue weighted by Gasteiger charge is 2.53. The third kappa shape index (κ3) is 3.60. The van der Waals surface area contributed by atoms with Gasteiger partial charge in [-0.15, -0.1) is 0 Å². The molecule has 4 rings (SSSR count). The number of ether oxygens (including phenoxy) is 1. The molecular weight excluding hydrogens is 408 g/mol. The number of carbonyl (C=O) groups is 3. The number of anilines is 1. The van der Waals surface area contributed by atoms with Gasteiger partial charge in [0, 0.05) is 29.7 Å². The van der Waals surface area contributed by atoms with E-state index in [9.17, 15) is 14.4 Å². The maximum Gasteiger partial charge on any atom is 0.295 e. The average molecular weight is 432 g/mol. The van der Waals surface area contributed by atoms with E-state index in [4.69, 9.17) is 9.15 Å². The van der Waals surface area contributed by atoms with Crippen molar-refractivity contribution >= 4 is 23.2 Å². The number of aryl methyl sites for hydroxylation is 1. The Bertz CT molecular complexity index is 1180. The zero-order valence-corrected chi connectivity index (χ0v) is 18.4. The van der Waals surface area contributed by atoms with Crippen LogP contribution in [-0.4, -0.2) is 29.6 Å². The Hall–Kier alpha value is -3.74. The molecule has 2 heterocycles. The molecule has 0 radical (unpaired) electrons. The number of aromatic nitrogens is 1. The third-order valence-corrected chi connectivity index (χ3v) is 5.70. The van der Waals surface area contributed by atoms with Gasteiger partial charge in [0.2, 0.25) is 5.78 Å². The number of hydrogen-bond donors (Lipinski definition) is 0. The molecule has 0 saturated carbocycles. The summed E-state index contributed by atoms with van der Waals surface area (Å²) in [5, 5.41) is 0. The minimum absolute atomic E-state index is 0.267. The van der Waals surface area contributed by atoms with Crippen molar-refractivity contribution in [3.63, 3.8) is 0 Å². The summed E-state index contributed by atoms with van der Waals surface area (Å²) < 4.78 is 10.8. The summed E-state index contributed by atoms with van der Waals surface area (Å²) in [4.78, 5) is 44.9. The second kappa shape index (κ2) is 8.42. The number of benzene rings is 2. The van der Waals surface area contributed by atoms with E-state index in [0.29, 0.717) is 28.6 Å². The molecule has 0 bridgehead atoms. The quantitative estimate of drug-likeness (QED) is 0.429. The van der Waals surface area contributed by atoms with Crippen molar-refractivity contribution in [2.75, 3.05) is 12.0 Å². The van der Waals surface area contributed by atoms with Gasteiger partial charge in [0.05, 0.1) is 13.2 Å². The minimum Gasteiger partial charge on any atom is -0.496 e. The van der Waals surface area contributed by atoms with Gasteiger partial charge < -0.3 is 9.15 Å². The lowest BCUT2D eigenvalue weighted by atomic mass is 9.84. The van der Waals surface area contributed by atoms with Crippen LogP contribution in [0.3, 0.4) is 0 Å². The van der Waals surface area contributed by atoms with Crippen LogP contribution < -0.4 is 9.64 Å². The van der Waals surface area contributed by atoms with Gasteiger partial charge in [-0.1, -0.05) is 44.2 Å². The van der Waals surface area contributed by atoms with E-state index < -0.39 is 29.6 Å². The van der Waals surface area contributed by atoms with Gasteiger partial charge in [-0.25, -0.2) is 4.98 Å². The van der Waals surface area contributed by atoms with E-state index in [1.165, 1.54) is 12.0 Å². The molecule has 1 saturated heterocycles. The van der Waals surface area contributed by atoms with Crippen LogP contribution in [0.4, 0.5) is 5.69 Å². The van der Waals surface area contributed by atoms with Crippen molar-refractivity contribution in [3.8, 4) is 17.0 Å². The molecule has 164 valence electrons. The Morgan fingerprint density at radius 2 is 1.78 bits per heavy atom. The van der Waals surface area contributed by atoms with Crippen molar-refractivity contribution in [2.45, 2.75) is 26.8 Å². The Morgan fingerprint density at radius 3 is 2.38 bits per heavy atom. The lowest BCUT2D eigenvalue weighted by Crippen LogP contribution is -2.32. The van der Waals surface area contributed by atoms with E-state index in [0.717, 1.165) is 5.56 Å². The fraction of sp³-hybridized carbons (Fsp3) is 0.280. The summed E-state index contributed by atoms with van der Waals surface area (Å²) in [6.45, 7) is 5.23. The van der Waals surface area contributed by atoms with E-state index in [1.54, 1.807) is 75.6 Å². The van der Waals surface area contributed by atoms with Gasteiger partial charge in [-0.3, -0.25) is 19.3 Å². The molecule has 2 aromatic carbocycles. The number of amides is 1. The van der Waals surface area contributed by atoms with Crippen LogP contribution in [0.15, 0.2) is 59.2 Å². The molecule has 1 amide bonds. The van der Waals surface area contributed by atoms with Gasteiger partial charge in [-0.05, 0) is 18.2 Å². The first-order valence-corrected chi connectivity index (χ1v) is 10.4. The summed E-state index contributed by atoms with van der Waals surface area (Å²) >= 11 is 0. The van der Waals surface area contributed by atoms with Gasteiger partial charge >= 0.3 is 0 Å². The topological polar surface area (TPSA) is 89.7 Å². The molecule has 0 aliphatic carbocycles. The zero-order chi connectivity index (χ0) is 23.0. The average Bonchev–Trinajstić information content (AvgIpc) is 3.34. The predicted octanol–water partition coefficient (Wildman–Crippen LogP) is 4.16. The van der Waals surface area contributed by atoms with Crippen LogP contribution in [-0.2, 0) is 14.4 Å². The van der Waals surface area contributed by atoms with Crippen molar-refractivity contribution < 1.29 is 23.5 Å². The molecule has 7 heteroatoms. The molecule has 32 heavy (non-hydrogen) atoms. The number of rotatable bonds is 6. The van der Waals surface area contributed by atoms with Crippen molar-refractivity contribution in [3.05, 3.63) is 66.2 Å². The summed E-state index contributed by atoms with van der Waals surface area (Å²) in [6.07, 6.45) is 1.56. The molecule has 1 aliphatic heterocycles. The second-order valence-corrected chi connectivity index (χ2v) is 8.06. The van der Waals surface area contributed by atoms with Crippen LogP contribution in [0.25, 0.3) is 11.3 Å². The van der Waals surface area contributed by atoms with E-state index in [2.05, 4.69) is 4.98 Å². The first-order chi connectivity index (χ1) is 15.3. The highest BCUT2D eigenvalue weighted by atomic mass is 16.5. The minimum atomic E-state index is -1.10. The number of carbonyl (C=O) groups excluding carboxylic acids is 3. The zero-order valence-electron chi connectivity index (χ0n) is 18.4. The van der Waals surface area contributed by atoms with Crippen molar-refractivity contribution in [1.29, 1.82) is 0 Å². The monoisotopic (exact) mass is 432 g/mol. The number of nitrogens with zero attached hydrogens (tertiary/aromatic N) is 2. The van der Waals surface area contributed by atoms with Gasteiger partial charge in [-0.2, -0.15) is 0 Å². The van der Waals surface area contributed by atoms with Crippen LogP contribution in [0.5, 0.6) is 5.75 Å². The van der Waals surface area contributed by atoms with Gasteiger partial charge in [0.25, 0.3) is 5.91 Å². The van der Waals surface area contributed by atoms with Gasteiger partial charge in [0.15, 0.2) is 5.89 Å². The highest BCUT2D eigenvalue weighted by molar-refractivity contribution is 6.48. The number of oxazole rings is 1. The number of methoxy groups -OCH3 is 1. The second-order valence-electron chi connectivity index (χ2n) is 8.06. The van der Waals surface area contributed by atoms with Crippen molar-refractivity contribution in [2.24, 2.45) is 11.8 Å². The lowest BCUT2D eigenvalue weighted by molar-refractivity contribution is -0.139. The van der Waals surface area contributed by atoms with Crippen LogP contribution in [0, 0.1) is 18.8 Å². The van der Waals surface area contributed by atoms with E-state index >= 15 is 0 Å². The number of Topliss-reactive ketones (excluding diaryl/α,β-unsaturated/α-hetero) is 2. The predicted molar refractivity (Wildman–Crippen MR) is 118 cm³/mol. The molecule has 1 aliphatic rings. The van der Waals surface area contributed by atoms with E-state index in [-0.39, 0.29) is 5.78 Å². The maximum atomic E-state index is 13.1. The normalized spacial score (nSPS) is 18.5. The summed E-state index contributed by atoms with van der Waals surface area (Å²) in [6, 6.07) is 13.5. The first-order valence-electron chi connectivity index (χ1n) is 10.4. The molecule has 1 aromatic heterocycles. The number of ketones is 2. The van der Waals surface area contributed by atoms with Crippen LogP contribution in [0.1, 0.15) is 31.3 Å². The molecule has 3 aromatic rings. The largest absolute Gasteiger partial charge is 0.496 e. The Kier molecular flexibility index (Phi) is 5.65. The number of hydrogen-bond acceptors (Lipinski definition) is 6. The molecule has 1 fully saturated rings. The maximum absolute atomic E-state index is 13.1. The lowest BCUT2D eigenvalue weighted by Gasteiger charge is -2.29. The van der Waals surface area contributed by atoms with Crippen LogP contribution >= 0.6 is 0 Å². The SMILES string of the molecule is COc1ccccc1C1C(C(=O)C(C)C)C(=O)C(=O)N1c1ccc(-c2coc(C)n2)cc1. The fourth-order valence-corrected chi connectivity index (χ4v) is 4.11. The number of para-hydroxylation sites is 1. The molecule has 0 N–H and O–H groups in total. The molecule has 0 spiro atoms. The standard InChI is InChI=1S/C25H24N2O5/c1-14(2)23(28)21-22(18-7-5-6-8-20(18)31-4)27(25(30)24(21)29)17-11-9-16(10-12-17)19-13-32-15(3)26-19/h5-14,21-22H,1-4H3. The molecular formula is C25H24N2O5. The highest BCUT2D eigenvalue weighted by Crippen LogP contribution is 2.44. The third-order valence-electron chi connectivity index (χ3n) is 5.70. The summed E-state index contributed by atoms with van der Waals surface area (Å²) in [5.41, 5.74) is 2.62. The van der Waals surface area contributed by atoms with Crippen molar-refractivity contribution in [1.82, 2.24) is 4.98 Å². The fourth-order valence-electron chi connectivity index (χ4n) is 4.11. The van der Waals surface area contributed by atoms with Gasteiger partial charge in [0.1, 0.15) is 29.4 Å². The Labute approximate surface area is 186 Å². The Morgan fingerprint density at radius 1 is 1.09 bits per heavy atom. The first kappa shape index (κ1) is 21.5. The van der Waals surface area contributed by atoms with E-state index in [1.807, 2.05) is 0 Å². The molecule has 7 nitrogen and oxygen atoms in total.